The fourth-order valence-electron chi connectivity index (χ4n) is 13.4. The number of carbonyl (C=O) groups excluding carboxylic acids is 9. The number of nitrogens with two attached hydrogens (primary N) is 3. The predicted octanol–water partition coefficient (Wildman–Crippen LogP) is 12.9. The van der Waals surface area contributed by atoms with Crippen molar-refractivity contribution in [3.63, 3.8) is 0 Å². The summed E-state index contributed by atoms with van der Waals surface area (Å²) in [6.45, 7) is 28.9. The van der Waals surface area contributed by atoms with E-state index in [1.807, 2.05) is 78.8 Å². The van der Waals surface area contributed by atoms with Crippen molar-refractivity contribution in [2.45, 2.75) is 254 Å². The van der Waals surface area contributed by atoms with Crippen molar-refractivity contribution in [1.82, 2.24) is 21.7 Å². The molecule has 0 aromatic heterocycles. The summed E-state index contributed by atoms with van der Waals surface area (Å²) < 4.78 is 74.5. The SMILES string of the molecule is CC(C)CC(C)(C)C=O.CC1(C)C[C@@H]2CC(=O)C[C@H](N)C(=O)N2C1C(=O)N[C@@H]1CCCc2ccccc21.COC(C)CC(C)(C)C(CC(=O)[C@@H](C)CC(N)=O)C(=O)N[C@@H]1CCCc2ccccc21.C[C@@H](CC(N)=O)C(=O)O.N.O=CC(F)(F)F.OCC(F)(F)F.[2H]CC.[C-]#[N+][C@@H]1CCCc2ccccc21. The first kappa shape index (κ1) is 94.1. The summed E-state index contributed by atoms with van der Waals surface area (Å²) >= 11 is 0. The van der Waals surface area contributed by atoms with Gasteiger partial charge in [0, 0.05) is 69.9 Å². The van der Waals surface area contributed by atoms with E-state index in [0.29, 0.717) is 32.1 Å². The van der Waals surface area contributed by atoms with Gasteiger partial charge in [-0.05, 0) is 122 Å². The van der Waals surface area contributed by atoms with Crippen molar-refractivity contribution in [3.05, 3.63) is 118 Å². The summed E-state index contributed by atoms with van der Waals surface area (Å²) in [5, 5.41) is 21.9. The Balaban J connectivity index is 0.00000131. The van der Waals surface area contributed by atoms with Gasteiger partial charge in [0.05, 0.1) is 36.1 Å². The second-order valence-electron chi connectivity index (χ2n) is 29.2. The molecule has 0 bridgehead atoms. The Morgan fingerprint density at radius 2 is 1.16 bits per heavy atom. The Kier molecular flexibility index (Phi) is 41.1. The largest absolute Gasteiger partial charge is 0.481 e. The molecule has 0 spiro atoms. The lowest BCUT2D eigenvalue weighted by atomic mass is 9.71. The number of aliphatic carboxylic acids is 1. The van der Waals surface area contributed by atoms with Crippen molar-refractivity contribution in [3.8, 4) is 0 Å². The molecule has 5 amide bonds. The molecule has 10 atom stereocenters. The number of carboxylic acids is 1. The molecule has 2 heterocycles. The maximum absolute atomic E-state index is 13.5. The molecular weight excluding hydrogens is 1360 g/mol. The predicted molar refractivity (Wildman–Crippen MR) is 387 cm³/mol. The molecule has 21 nitrogen and oxygen atoms in total. The Morgan fingerprint density at radius 1 is 0.731 bits per heavy atom. The minimum absolute atomic E-state index is 0. The molecule has 13 N–H and O–H groups in total. The Morgan fingerprint density at radius 3 is 1.56 bits per heavy atom. The van der Waals surface area contributed by atoms with Crippen LogP contribution in [-0.2, 0) is 71.9 Å². The van der Waals surface area contributed by atoms with Crippen LogP contribution in [0.25, 0.3) is 4.85 Å². The topological polar surface area (TPSA) is 365 Å². The number of nitrogens with one attached hydrogen (secondary N) is 2. The number of amides is 5. The van der Waals surface area contributed by atoms with Crippen LogP contribution in [0, 0.1) is 46.5 Å². The molecule has 2 aliphatic heterocycles. The summed E-state index contributed by atoms with van der Waals surface area (Å²) in [6.07, 6.45) is 2.74. The number of carboxylic acid groups (broad SMARTS) is 1. The van der Waals surface area contributed by atoms with E-state index < -0.39 is 83.7 Å². The summed E-state index contributed by atoms with van der Waals surface area (Å²) in [6, 6.07) is 23.1. The molecule has 584 valence electrons. The highest BCUT2D eigenvalue weighted by atomic mass is 19.4. The van der Waals surface area contributed by atoms with Gasteiger partial charge in [-0.15, -0.1) is 0 Å². The number of hydrogen-bond acceptors (Lipinski definition) is 14. The number of aliphatic hydroxyl groups excluding tert-OH is 1. The molecule has 3 aliphatic carbocycles. The quantitative estimate of drug-likeness (QED) is 0.0314. The number of ketones is 2. The minimum atomic E-state index is -4.64. The van der Waals surface area contributed by atoms with Gasteiger partial charge in [-0.3, -0.25) is 43.2 Å². The number of aldehydes is 2. The van der Waals surface area contributed by atoms with Crippen LogP contribution in [0.1, 0.15) is 233 Å². The second kappa shape index (κ2) is 45.4. The molecule has 3 aromatic rings. The normalized spacial score (nSPS) is 20.3. The highest BCUT2D eigenvalue weighted by Gasteiger charge is 2.55. The zero-order chi connectivity index (χ0) is 79.7. The van der Waals surface area contributed by atoms with E-state index >= 15 is 0 Å². The van der Waals surface area contributed by atoms with Crippen molar-refractivity contribution in [2.24, 2.45) is 57.1 Å². The van der Waals surface area contributed by atoms with Gasteiger partial charge in [0.2, 0.25) is 41.9 Å². The van der Waals surface area contributed by atoms with Crippen LogP contribution in [-0.4, -0.2) is 125 Å². The standard InChI is InChI=1S/C25H38N2O4.C22H29N3O3.C11H11N.C8H16O.C5H9NO3.C2H3F3O.C2HF3O.C2H6.H3N/c1-16(13-23(26)29)22(28)14-20(25(3,4)15-17(2)31-5)24(30)27-21-12-8-10-18-9-6-7-11-19(18)21;1-22(2)12-14-10-15(26)11-17(23)21(28)25(14)19(22)20(27)24-18-9-5-7-13-6-3-4-8-16(13)18;1-12-11-8-4-6-9-5-2-3-7-10(9)11;1-7(2)5-8(3,4)6-9;1-3(5(8)9)2-4(6)7;2*3-2(4,5)1-6;1-2;/h6-7,9,11,16-17,20-21H,8,10,12-15H2,1-5H3,(H2,26,29)(H,27,30);3-4,6,8,14,17-19H,5,7,9-12,23H2,1-2H3,(H,24,27);2-3,5,7,11H,4,6,8H2;6-7H,5H2,1-4H3;3H,2H2,1H3,(H2,6,7)(H,8,9);6H,1H2;1H;1-2H3;1H3/t16-,17?,20?,21+;14-,17-,18+,19?;11-;;3-;;;;/m001.0..../s1/i;;;;;;;1D;. The van der Waals surface area contributed by atoms with Crippen LogP contribution in [0.4, 0.5) is 26.3 Å². The molecule has 0 radical (unpaired) electrons. The summed E-state index contributed by atoms with van der Waals surface area (Å²) in [5.74, 6) is -3.78. The van der Waals surface area contributed by atoms with Gasteiger partial charge in [-0.2, -0.15) is 26.3 Å². The van der Waals surface area contributed by atoms with Crippen LogP contribution >= 0.6 is 0 Å². The fraction of sp³-hybridized carbons (Fsp3) is 0.623. The first-order valence-corrected chi connectivity index (χ1v) is 34.9. The van der Waals surface area contributed by atoms with Crippen LogP contribution < -0.4 is 34.0 Å². The van der Waals surface area contributed by atoms with Gasteiger partial charge in [0.15, 0.2) is 0 Å². The average molecular weight is 1480 g/mol. The lowest BCUT2D eigenvalue weighted by Gasteiger charge is -2.37. The number of benzene rings is 3. The summed E-state index contributed by atoms with van der Waals surface area (Å²) in [5.41, 5.74) is 22.5. The number of halogens is 6. The number of aryl methyl sites for hydroxylation is 3. The van der Waals surface area contributed by atoms with Crippen LogP contribution in [0.3, 0.4) is 0 Å². The molecule has 2 saturated heterocycles. The fourth-order valence-corrected chi connectivity index (χ4v) is 13.4. The number of ether oxygens (including phenoxy) is 1. The number of fused-ring (bicyclic) bond motifs is 4. The molecule has 27 heteroatoms. The lowest BCUT2D eigenvalue weighted by Crippen LogP contribution is -2.56. The molecule has 3 aromatic carbocycles. The maximum atomic E-state index is 13.5. The first-order chi connectivity index (χ1) is 48.3. The number of alkyl halides is 6. The van der Waals surface area contributed by atoms with Gasteiger partial charge in [-0.1, -0.05) is 156 Å². The number of nitrogens with zero attached hydrogens (tertiary/aromatic N) is 2. The zero-order valence-corrected chi connectivity index (χ0v) is 62.9. The number of primary amides is 2. The number of methoxy groups -OCH3 is 1. The van der Waals surface area contributed by atoms with E-state index in [1.54, 1.807) is 25.9 Å². The van der Waals surface area contributed by atoms with E-state index in [1.165, 1.54) is 41.2 Å². The van der Waals surface area contributed by atoms with Crippen molar-refractivity contribution in [2.75, 3.05) is 13.7 Å². The van der Waals surface area contributed by atoms with Gasteiger partial charge >= 0.3 is 18.3 Å². The van der Waals surface area contributed by atoms with Gasteiger partial charge in [0.1, 0.15) is 30.5 Å². The van der Waals surface area contributed by atoms with Crippen molar-refractivity contribution in [1.29, 1.82) is 0 Å². The number of carbonyl (C=O) groups is 10. The second-order valence-corrected chi connectivity index (χ2v) is 29.2. The maximum Gasteiger partial charge on any atom is 0.446 e. The van der Waals surface area contributed by atoms with E-state index in [4.69, 9.17) is 44.9 Å². The number of Topliss-reactive ketones (excluding diaryl/α,β-unsaturated/α-hetero) is 2. The monoisotopic (exact) mass is 1480 g/mol. The molecule has 5 aliphatic rings. The number of rotatable bonds is 19. The smallest absolute Gasteiger partial charge is 0.446 e. The van der Waals surface area contributed by atoms with Gasteiger partial charge < -0.3 is 63.5 Å². The van der Waals surface area contributed by atoms with Crippen LogP contribution in [0.5, 0.6) is 0 Å². The van der Waals surface area contributed by atoms with Crippen LogP contribution in [0.2, 0.25) is 0 Å². The third-order valence-electron chi connectivity index (χ3n) is 18.2. The Labute approximate surface area is 611 Å². The van der Waals surface area contributed by atoms with E-state index in [9.17, 15) is 69.5 Å². The number of aliphatic hydroxyl groups is 1. The Hall–Kier alpha value is -7.93. The molecule has 2 fully saturated rings. The molecule has 104 heavy (non-hydrogen) atoms. The molecule has 0 saturated carbocycles. The van der Waals surface area contributed by atoms with Crippen molar-refractivity contribution < 1.29 is 90.6 Å². The summed E-state index contributed by atoms with van der Waals surface area (Å²) in [7, 11) is 1.65. The van der Waals surface area contributed by atoms with Crippen molar-refractivity contribution >= 4 is 59.6 Å². The molecule has 8 rings (SSSR count). The van der Waals surface area contributed by atoms with Gasteiger partial charge in [0.25, 0.3) is 0 Å². The van der Waals surface area contributed by atoms with E-state index in [-0.39, 0.29) is 96.8 Å². The summed E-state index contributed by atoms with van der Waals surface area (Å²) in [4.78, 5) is 121. The number of hydrogen-bond donors (Lipinski definition) is 8. The highest BCUT2D eigenvalue weighted by Crippen LogP contribution is 2.44. The van der Waals surface area contributed by atoms with Crippen LogP contribution in [0.15, 0.2) is 72.8 Å². The van der Waals surface area contributed by atoms with E-state index in [2.05, 4.69) is 71.8 Å². The molecular formula is C77H116F6N8O13. The highest BCUT2D eigenvalue weighted by molar-refractivity contribution is 5.96. The van der Waals surface area contributed by atoms with Gasteiger partial charge in [-0.25, -0.2) is 6.57 Å². The first-order valence-electron chi connectivity index (χ1n) is 35.6. The average Bonchev–Trinajstić information content (AvgIpc) is 1.60. The lowest BCUT2D eigenvalue weighted by molar-refractivity contribution is -0.159. The zero-order valence-electron chi connectivity index (χ0n) is 63.9. The molecule has 3 unspecified atom stereocenters. The minimum Gasteiger partial charge on any atom is -0.481 e. The third kappa shape index (κ3) is 33.9. The Bertz CT molecular complexity index is 3310. The van der Waals surface area contributed by atoms with E-state index in [0.717, 1.165) is 69.6 Å². The third-order valence-corrected chi connectivity index (χ3v) is 18.2.